The van der Waals surface area contributed by atoms with E-state index in [1.54, 1.807) is 11.1 Å². The highest BCUT2D eigenvalue weighted by molar-refractivity contribution is 5.30. The molecule has 0 saturated heterocycles. The first-order chi connectivity index (χ1) is 8.67. The number of hydrogen-bond donors (Lipinski definition) is 1. The second-order valence-electron chi connectivity index (χ2n) is 6.63. The van der Waals surface area contributed by atoms with Gasteiger partial charge in [-0.3, -0.25) is 0 Å². The Morgan fingerprint density at radius 3 is 2.67 bits per heavy atom. The van der Waals surface area contributed by atoms with Crippen LogP contribution in [0.5, 0.6) is 0 Å². The lowest BCUT2D eigenvalue weighted by molar-refractivity contribution is 0.375. The van der Waals surface area contributed by atoms with E-state index < -0.39 is 0 Å². The Balaban J connectivity index is 1.69. The van der Waals surface area contributed by atoms with Crippen molar-refractivity contribution in [2.24, 2.45) is 23.5 Å². The first-order valence-corrected chi connectivity index (χ1v) is 8.11. The summed E-state index contributed by atoms with van der Waals surface area (Å²) in [4.78, 5) is 0. The molecule has 0 bridgehead atoms. The van der Waals surface area contributed by atoms with Gasteiger partial charge < -0.3 is 5.73 Å². The monoisotopic (exact) mass is 249 g/mol. The maximum atomic E-state index is 6.05. The van der Waals surface area contributed by atoms with Gasteiger partial charge in [0.25, 0.3) is 0 Å². The van der Waals surface area contributed by atoms with Gasteiger partial charge in [-0.1, -0.05) is 50.7 Å². The number of unbranched alkanes of at least 4 members (excludes halogenated alkanes) is 1. The zero-order valence-electron chi connectivity index (χ0n) is 12.5. The molecule has 0 heterocycles. The molecule has 104 valence electrons. The standard InChI is InChI=1S/C17H31N/c1-4-6-7-13(5-2)16-11-14(16)8-9-15-12(3)10-17(15)18/h13-14,16-17H,4-11,18H2,1-3H3. The van der Waals surface area contributed by atoms with Gasteiger partial charge in [-0.15, -0.1) is 0 Å². The van der Waals surface area contributed by atoms with Crippen LogP contribution in [0.3, 0.4) is 0 Å². The van der Waals surface area contributed by atoms with Crippen molar-refractivity contribution in [1.29, 1.82) is 0 Å². The molecule has 1 nitrogen and oxygen atoms in total. The number of hydrogen-bond acceptors (Lipinski definition) is 1. The molecule has 2 aliphatic rings. The average Bonchev–Trinajstić information content (AvgIpc) is 3.10. The first-order valence-electron chi connectivity index (χ1n) is 8.11. The summed E-state index contributed by atoms with van der Waals surface area (Å²) in [6, 6.07) is 0.407. The van der Waals surface area contributed by atoms with Gasteiger partial charge in [-0.25, -0.2) is 0 Å². The van der Waals surface area contributed by atoms with E-state index in [9.17, 15) is 0 Å². The third-order valence-electron chi connectivity index (χ3n) is 5.34. The first kappa shape index (κ1) is 14.1. The van der Waals surface area contributed by atoms with Crippen LogP contribution >= 0.6 is 0 Å². The van der Waals surface area contributed by atoms with Crippen molar-refractivity contribution in [3.05, 3.63) is 11.1 Å². The Morgan fingerprint density at radius 1 is 1.33 bits per heavy atom. The smallest absolute Gasteiger partial charge is 0.0293 e. The van der Waals surface area contributed by atoms with Crippen molar-refractivity contribution < 1.29 is 0 Å². The summed E-state index contributed by atoms with van der Waals surface area (Å²) in [5.74, 6) is 3.10. The third kappa shape index (κ3) is 3.17. The summed E-state index contributed by atoms with van der Waals surface area (Å²) in [7, 11) is 0. The maximum Gasteiger partial charge on any atom is 0.0293 e. The van der Waals surface area contributed by atoms with Crippen molar-refractivity contribution in [3.63, 3.8) is 0 Å². The van der Waals surface area contributed by atoms with Crippen LogP contribution in [0.2, 0.25) is 0 Å². The van der Waals surface area contributed by atoms with Crippen LogP contribution in [0.25, 0.3) is 0 Å². The molecule has 2 rings (SSSR count). The van der Waals surface area contributed by atoms with E-state index in [1.807, 2.05) is 0 Å². The van der Waals surface area contributed by atoms with Crippen LogP contribution in [-0.2, 0) is 0 Å². The van der Waals surface area contributed by atoms with Crippen molar-refractivity contribution in [2.75, 3.05) is 0 Å². The number of rotatable bonds is 8. The lowest BCUT2D eigenvalue weighted by atomic mass is 9.81. The SMILES string of the molecule is CCCCC(CC)C1CC1CCC1=C(C)CC1N. The Hall–Kier alpha value is -0.300. The van der Waals surface area contributed by atoms with Crippen LogP contribution in [-0.4, -0.2) is 6.04 Å². The molecule has 0 aromatic heterocycles. The van der Waals surface area contributed by atoms with Crippen LogP contribution in [0, 0.1) is 17.8 Å². The minimum Gasteiger partial charge on any atom is -0.324 e. The van der Waals surface area contributed by atoms with E-state index in [0.29, 0.717) is 6.04 Å². The summed E-state index contributed by atoms with van der Waals surface area (Å²) in [6.45, 7) is 6.95. The molecule has 0 radical (unpaired) electrons. The highest BCUT2D eigenvalue weighted by Crippen LogP contribution is 2.50. The largest absolute Gasteiger partial charge is 0.324 e. The molecule has 18 heavy (non-hydrogen) atoms. The fraction of sp³-hybridized carbons (Fsp3) is 0.882. The summed E-state index contributed by atoms with van der Waals surface area (Å²) in [5, 5.41) is 0. The minimum absolute atomic E-state index is 0.407. The van der Waals surface area contributed by atoms with Crippen molar-refractivity contribution in [1.82, 2.24) is 0 Å². The van der Waals surface area contributed by atoms with Gasteiger partial charge in [0, 0.05) is 6.04 Å². The molecule has 0 amide bonds. The van der Waals surface area contributed by atoms with E-state index in [1.165, 1.54) is 44.9 Å². The molecule has 1 heteroatoms. The Morgan fingerprint density at radius 2 is 2.11 bits per heavy atom. The molecule has 2 N–H and O–H groups in total. The van der Waals surface area contributed by atoms with Crippen LogP contribution < -0.4 is 5.73 Å². The lowest BCUT2D eigenvalue weighted by Crippen LogP contribution is -2.32. The van der Waals surface area contributed by atoms with E-state index in [-0.39, 0.29) is 0 Å². The molecule has 1 fully saturated rings. The van der Waals surface area contributed by atoms with E-state index in [4.69, 9.17) is 5.73 Å². The van der Waals surface area contributed by atoms with Crippen LogP contribution in [0.1, 0.15) is 72.1 Å². The average molecular weight is 249 g/mol. The van der Waals surface area contributed by atoms with Crippen molar-refractivity contribution in [2.45, 2.75) is 78.2 Å². The predicted octanol–water partition coefficient (Wildman–Crippen LogP) is 4.67. The molecule has 4 atom stereocenters. The maximum absolute atomic E-state index is 6.05. The molecule has 2 aliphatic carbocycles. The summed E-state index contributed by atoms with van der Waals surface area (Å²) in [5.41, 5.74) is 9.21. The lowest BCUT2D eigenvalue weighted by Gasteiger charge is -2.29. The van der Waals surface area contributed by atoms with E-state index in [0.717, 1.165) is 24.2 Å². The Bertz CT molecular complexity index is 305. The van der Waals surface area contributed by atoms with Gasteiger partial charge >= 0.3 is 0 Å². The van der Waals surface area contributed by atoms with Crippen molar-refractivity contribution >= 4 is 0 Å². The molecule has 0 aromatic rings. The minimum atomic E-state index is 0.407. The van der Waals surface area contributed by atoms with Crippen LogP contribution in [0.15, 0.2) is 11.1 Å². The van der Waals surface area contributed by atoms with Gasteiger partial charge in [0.15, 0.2) is 0 Å². The van der Waals surface area contributed by atoms with Gasteiger partial charge in [0.05, 0.1) is 0 Å². The Kier molecular flexibility index (Phi) is 4.89. The van der Waals surface area contributed by atoms with Gasteiger partial charge in [0.2, 0.25) is 0 Å². The highest BCUT2D eigenvalue weighted by atomic mass is 14.7. The van der Waals surface area contributed by atoms with Gasteiger partial charge in [-0.2, -0.15) is 0 Å². The topological polar surface area (TPSA) is 26.0 Å². The summed E-state index contributed by atoms with van der Waals surface area (Å²) < 4.78 is 0. The van der Waals surface area contributed by atoms with Crippen molar-refractivity contribution in [3.8, 4) is 0 Å². The second-order valence-corrected chi connectivity index (χ2v) is 6.63. The second kappa shape index (κ2) is 6.23. The molecule has 0 spiro atoms. The van der Waals surface area contributed by atoms with E-state index >= 15 is 0 Å². The fourth-order valence-corrected chi connectivity index (χ4v) is 3.88. The summed E-state index contributed by atoms with van der Waals surface area (Å²) >= 11 is 0. The summed E-state index contributed by atoms with van der Waals surface area (Å²) in [6.07, 6.45) is 11.0. The predicted molar refractivity (Wildman–Crippen MR) is 79.4 cm³/mol. The normalized spacial score (nSPS) is 32.3. The molecule has 1 saturated carbocycles. The Labute approximate surface area is 113 Å². The quantitative estimate of drug-likeness (QED) is 0.622. The van der Waals surface area contributed by atoms with Gasteiger partial charge in [-0.05, 0) is 50.4 Å². The third-order valence-corrected chi connectivity index (χ3v) is 5.34. The molecule has 0 aliphatic heterocycles. The zero-order chi connectivity index (χ0) is 13.1. The molecular weight excluding hydrogens is 218 g/mol. The number of nitrogens with two attached hydrogens (primary N) is 1. The zero-order valence-corrected chi connectivity index (χ0v) is 12.5. The highest BCUT2D eigenvalue weighted by Gasteiger charge is 2.41. The van der Waals surface area contributed by atoms with Crippen LogP contribution in [0.4, 0.5) is 0 Å². The molecule has 0 aromatic carbocycles. The van der Waals surface area contributed by atoms with Gasteiger partial charge in [0.1, 0.15) is 0 Å². The fourth-order valence-electron chi connectivity index (χ4n) is 3.88. The van der Waals surface area contributed by atoms with E-state index in [2.05, 4.69) is 20.8 Å². The molecular formula is C17H31N. The molecule has 4 unspecified atom stereocenters.